The second kappa shape index (κ2) is 7.99. The van der Waals surface area contributed by atoms with Gasteiger partial charge in [0.1, 0.15) is 0 Å². The predicted molar refractivity (Wildman–Crippen MR) is 104 cm³/mol. The van der Waals surface area contributed by atoms with Gasteiger partial charge >= 0.3 is 0 Å². The smallest absolute Gasteiger partial charge is 0.264 e. The van der Waals surface area contributed by atoms with Gasteiger partial charge in [-0.25, -0.2) is 0 Å². The van der Waals surface area contributed by atoms with Gasteiger partial charge in [0.25, 0.3) is 5.91 Å². The molecule has 1 fully saturated rings. The van der Waals surface area contributed by atoms with E-state index in [0.717, 1.165) is 34.7 Å². The Morgan fingerprint density at radius 1 is 1.04 bits per heavy atom. The molecule has 1 aliphatic rings. The molecule has 0 radical (unpaired) electrons. The summed E-state index contributed by atoms with van der Waals surface area (Å²) in [4.78, 5) is 16.6. The molecule has 2 aromatic rings. The fraction of sp³-hybridized carbons (Fsp3) is 0.450. The summed E-state index contributed by atoms with van der Waals surface area (Å²) in [6.07, 6.45) is 3.36. The van der Waals surface area contributed by atoms with Crippen molar-refractivity contribution in [2.45, 2.75) is 32.2 Å². The number of benzene rings is 1. The normalized spacial score (nSPS) is 17.1. The van der Waals surface area contributed by atoms with Crippen LogP contribution in [0, 0.1) is 0 Å². The number of piperidine rings is 1. The number of amides is 1. The van der Waals surface area contributed by atoms with Crippen LogP contribution in [0.25, 0.3) is 10.4 Å². The minimum atomic E-state index is 0.118. The SMILES string of the molecule is COc1ccc(-c2ccc(C(=O)N3CCCCC3C)s2)c(OC)c1OC. The molecule has 0 aliphatic carbocycles. The second-order valence-electron chi connectivity index (χ2n) is 6.39. The first-order chi connectivity index (χ1) is 12.6. The van der Waals surface area contributed by atoms with Gasteiger partial charge in [-0.3, -0.25) is 4.79 Å². The Balaban J connectivity index is 1.94. The molecule has 2 heterocycles. The zero-order valence-electron chi connectivity index (χ0n) is 15.7. The lowest BCUT2D eigenvalue weighted by molar-refractivity contribution is 0.0640. The first kappa shape index (κ1) is 18.6. The average molecular weight is 375 g/mol. The number of carbonyl (C=O) groups is 1. The Kier molecular flexibility index (Phi) is 5.71. The quantitative estimate of drug-likeness (QED) is 0.774. The van der Waals surface area contributed by atoms with Gasteiger partial charge in [0.15, 0.2) is 11.5 Å². The Bertz CT molecular complexity index is 786. The van der Waals surface area contributed by atoms with Gasteiger partial charge in [-0.05, 0) is 50.5 Å². The van der Waals surface area contributed by atoms with Crippen LogP contribution in [0.1, 0.15) is 35.9 Å². The van der Waals surface area contributed by atoms with Crippen LogP contribution < -0.4 is 14.2 Å². The average Bonchev–Trinajstić information content (AvgIpc) is 3.16. The van der Waals surface area contributed by atoms with Crippen LogP contribution in [0.3, 0.4) is 0 Å². The Labute approximate surface area is 158 Å². The summed E-state index contributed by atoms with van der Waals surface area (Å²) in [6.45, 7) is 2.97. The van der Waals surface area contributed by atoms with E-state index >= 15 is 0 Å². The highest BCUT2D eigenvalue weighted by Crippen LogP contribution is 2.46. The Morgan fingerprint density at radius 2 is 1.81 bits per heavy atom. The van der Waals surface area contributed by atoms with Crippen LogP contribution in [0.4, 0.5) is 0 Å². The molecule has 1 amide bonds. The molecular weight excluding hydrogens is 350 g/mol. The van der Waals surface area contributed by atoms with E-state index in [1.54, 1.807) is 21.3 Å². The third-order valence-corrected chi connectivity index (χ3v) is 5.96. The lowest BCUT2D eigenvalue weighted by Gasteiger charge is -2.33. The predicted octanol–water partition coefficient (Wildman–Crippen LogP) is 4.46. The van der Waals surface area contributed by atoms with E-state index in [9.17, 15) is 4.79 Å². The van der Waals surface area contributed by atoms with Crippen LogP contribution in [0.5, 0.6) is 17.2 Å². The number of rotatable bonds is 5. The van der Waals surface area contributed by atoms with Gasteiger partial charge in [0.05, 0.1) is 26.2 Å². The van der Waals surface area contributed by atoms with E-state index in [0.29, 0.717) is 23.3 Å². The molecule has 5 nitrogen and oxygen atoms in total. The highest BCUT2D eigenvalue weighted by Gasteiger charge is 2.26. The number of ether oxygens (including phenoxy) is 3. The highest BCUT2D eigenvalue weighted by atomic mass is 32.1. The Morgan fingerprint density at radius 3 is 2.46 bits per heavy atom. The van der Waals surface area contributed by atoms with E-state index in [2.05, 4.69) is 6.92 Å². The second-order valence-corrected chi connectivity index (χ2v) is 7.47. The molecule has 26 heavy (non-hydrogen) atoms. The van der Waals surface area contributed by atoms with Crippen LogP contribution in [-0.2, 0) is 0 Å². The number of likely N-dealkylation sites (tertiary alicyclic amines) is 1. The fourth-order valence-corrected chi connectivity index (χ4v) is 4.42. The van der Waals surface area contributed by atoms with E-state index < -0.39 is 0 Å². The zero-order chi connectivity index (χ0) is 18.7. The monoisotopic (exact) mass is 375 g/mol. The first-order valence-corrected chi connectivity index (χ1v) is 9.62. The van der Waals surface area contributed by atoms with E-state index in [1.165, 1.54) is 17.8 Å². The zero-order valence-corrected chi connectivity index (χ0v) is 16.5. The van der Waals surface area contributed by atoms with Crippen molar-refractivity contribution < 1.29 is 19.0 Å². The number of thiophene rings is 1. The third-order valence-electron chi connectivity index (χ3n) is 4.85. The Hall–Kier alpha value is -2.21. The number of nitrogens with zero attached hydrogens (tertiary/aromatic N) is 1. The summed E-state index contributed by atoms with van der Waals surface area (Å²) < 4.78 is 16.4. The molecule has 1 aliphatic heterocycles. The molecule has 1 unspecified atom stereocenters. The lowest BCUT2D eigenvalue weighted by atomic mass is 10.0. The lowest BCUT2D eigenvalue weighted by Crippen LogP contribution is -2.41. The van der Waals surface area contributed by atoms with Crippen molar-refractivity contribution in [3.8, 4) is 27.7 Å². The van der Waals surface area contributed by atoms with Crippen LogP contribution in [-0.4, -0.2) is 44.7 Å². The van der Waals surface area contributed by atoms with Gasteiger partial charge < -0.3 is 19.1 Å². The maximum atomic E-state index is 12.9. The minimum absolute atomic E-state index is 0.118. The van der Waals surface area contributed by atoms with Crippen molar-refractivity contribution in [2.75, 3.05) is 27.9 Å². The standard InChI is InChI=1S/C20H25NO4S/c1-13-7-5-6-12-21(13)20(22)17-11-10-16(26-17)14-8-9-15(23-2)19(25-4)18(14)24-3/h8-11,13H,5-7,12H2,1-4H3. The van der Waals surface area contributed by atoms with E-state index in [-0.39, 0.29) is 5.91 Å². The summed E-state index contributed by atoms with van der Waals surface area (Å²) in [5, 5.41) is 0. The van der Waals surface area contributed by atoms with Crippen molar-refractivity contribution in [3.05, 3.63) is 29.1 Å². The molecule has 6 heteroatoms. The molecule has 0 saturated carbocycles. The summed E-state index contributed by atoms with van der Waals surface area (Å²) in [5.74, 6) is 1.90. The largest absolute Gasteiger partial charge is 0.493 e. The summed E-state index contributed by atoms with van der Waals surface area (Å²) in [5.41, 5.74) is 0.890. The molecule has 1 saturated heterocycles. The van der Waals surface area contributed by atoms with Gasteiger partial charge in [-0.1, -0.05) is 0 Å². The van der Waals surface area contributed by atoms with Gasteiger partial charge in [-0.15, -0.1) is 11.3 Å². The summed E-state index contributed by atoms with van der Waals surface area (Å²) in [6, 6.07) is 7.96. The van der Waals surface area contributed by atoms with Crippen molar-refractivity contribution in [1.29, 1.82) is 0 Å². The molecule has 1 aromatic carbocycles. The molecule has 0 N–H and O–H groups in total. The maximum absolute atomic E-state index is 12.9. The molecule has 0 spiro atoms. The van der Waals surface area contributed by atoms with Crippen LogP contribution in [0.15, 0.2) is 24.3 Å². The molecule has 3 rings (SSSR count). The molecule has 1 atom stereocenters. The first-order valence-electron chi connectivity index (χ1n) is 8.80. The van der Waals surface area contributed by atoms with Crippen molar-refractivity contribution >= 4 is 17.2 Å². The van der Waals surface area contributed by atoms with Gasteiger partial charge in [0.2, 0.25) is 5.75 Å². The molecule has 0 bridgehead atoms. The molecular formula is C20H25NO4S. The van der Waals surface area contributed by atoms with Crippen molar-refractivity contribution in [3.63, 3.8) is 0 Å². The minimum Gasteiger partial charge on any atom is -0.493 e. The number of carbonyl (C=O) groups excluding carboxylic acids is 1. The van der Waals surface area contributed by atoms with Crippen LogP contribution in [0.2, 0.25) is 0 Å². The summed E-state index contributed by atoms with van der Waals surface area (Å²) >= 11 is 1.48. The number of methoxy groups -OCH3 is 3. The van der Waals surface area contributed by atoms with Crippen LogP contribution >= 0.6 is 11.3 Å². The fourth-order valence-electron chi connectivity index (χ4n) is 3.43. The van der Waals surface area contributed by atoms with E-state index in [1.807, 2.05) is 29.2 Å². The molecule has 140 valence electrons. The van der Waals surface area contributed by atoms with Gasteiger partial charge in [0, 0.05) is 23.0 Å². The van der Waals surface area contributed by atoms with E-state index in [4.69, 9.17) is 14.2 Å². The van der Waals surface area contributed by atoms with Gasteiger partial charge in [-0.2, -0.15) is 0 Å². The summed E-state index contributed by atoms with van der Waals surface area (Å²) in [7, 11) is 4.79. The van der Waals surface area contributed by atoms with Crippen molar-refractivity contribution in [1.82, 2.24) is 4.90 Å². The molecule has 1 aromatic heterocycles. The topological polar surface area (TPSA) is 48.0 Å². The van der Waals surface area contributed by atoms with Crippen molar-refractivity contribution in [2.24, 2.45) is 0 Å². The maximum Gasteiger partial charge on any atom is 0.264 e. The number of hydrogen-bond acceptors (Lipinski definition) is 5. The highest BCUT2D eigenvalue weighted by molar-refractivity contribution is 7.17. The number of hydrogen-bond donors (Lipinski definition) is 0. The third kappa shape index (κ3) is 3.38.